The molecule has 3 amide bonds. The van der Waals surface area contributed by atoms with E-state index in [9.17, 15) is 27.6 Å². The fourth-order valence-corrected chi connectivity index (χ4v) is 15.1. The van der Waals surface area contributed by atoms with Gasteiger partial charge in [0, 0.05) is 124 Å². The number of anilines is 9. The van der Waals surface area contributed by atoms with E-state index < -0.39 is 0 Å². The molecular formula is C81H84F3N21O6. The van der Waals surface area contributed by atoms with Crippen LogP contribution in [0.4, 0.5) is 64.7 Å². The normalized spacial score (nSPS) is 17.6. The number of amides is 3. The Morgan fingerprint density at radius 1 is 0.432 bits per heavy atom. The maximum absolute atomic E-state index is 13.6. The smallest absolute Gasteiger partial charge is 0.254 e. The first-order valence-electron chi connectivity index (χ1n) is 36.8. The van der Waals surface area contributed by atoms with E-state index in [1.54, 1.807) is 37.2 Å². The summed E-state index contributed by atoms with van der Waals surface area (Å²) in [6, 6.07) is 32.7. The Hall–Kier alpha value is -12.1. The van der Waals surface area contributed by atoms with Crippen LogP contribution in [0.25, 0.3) is 50.7 Å². The summed E-state index contributed by atoms with van der Waals surface area (Å²) in [4.78, 5) is 78.8. The molecule has 0 aliphatic carbocycles. The van der Waals surface area contributed by atoms with Gasteiger partial charge in [0.05, 0.1) is 151 Å². The summed E-state index contributed by atoms with van der Waals surface area (Å²) in [5.74, 6) is 0.504. The minimum absolute atomic E-state index is 0.143. The van der Waals surface area contributed by atoms with Gasteiger partial charge >= 0.3 is 0 Å². The number of benzene rings is 3. The van der Waals surface area contributed by atoms with Gasteiger partial charge in [-0.05, 0) is 132 Å². The molecule has 12 aromatic rings. The van der Waals surface area contributed by atoms with Crippen molar-refractivity contribution < 1.29 is 41.8 Å². The number of carbonyl (C=O) groups is 3. The molecule has 3 fully saturated rings. The van der Waals surface area contributed by atoms with E-state index in [1.807, 2.05) is 98.5 Å². The van der Waals surface area contributed by atoms with Gasteiger partial charge in [0.2, 0.25) is 0 Å². The molecule has 6 aliphatic heterocycles. The lowest BCUT2D eigenvalue weighted by atomic mass is 9.99. The van der Waals surface area contributed by atoms with Crippen molar-refractivity contribution in [1.29, 1.82) is 0 Å². The fourth-order valence-electron chi connectivity index (χ4n) is 15.1. The lowest BCUT2D eigenvalue weighted by molar-refractivity contribution is 0.0854. The second-order valence-corrected chi connectivity index (χ2v) is 28.8. The standard InChI is InChI=1S/3C27H28FN7O2/c2*1-33(2)19-15-34(9-10-37-16-19)18-3-6-24(29-12-18)32-22-5-4-20(21-13-31-27(36)26(21)22)23-14-30-25-11-17(28)7-8-35(23)25;1-33(2)15-19-16-37-10-9-34(19)18-3-6-24(29-12-18)32-22-5-4-20(21-13-31-27(36)26(21)22)23-14-30-25-11-17(28)7-8-35(23)25/h3*3-8,11-12,14,19H,9-10,13,15-16H2,1-2H3,(H,29,32)(H,31,36)/t2*19-;/m10./s1. The van der Waals surface area contributed by atoms with Gasteiger partial charge in [-0.1, -0.05) is 18.2 Å². The number of nitrogens with one attached hydrogen (secondary N) is 6. The molecule has 1 unspecified atom stereocenters. The van der Waals surface area contributed by atoms with Gasteiger partial charge in [0.1, 0.15) is 51.8 Å². The molecule has 0 spiro atoms. The van der Waals surface area contributed by atoms with Crippen LogP contribution in [0.1, 0.15) is 47.8 Å². The number of ether oxygens (including phenoxy) is 3. The van der Waals surface area contributed by atoms with Crippen molar-refractivity contribution >= 4 is 86.2 Å². The highest BCUT2D eigenvalue weighted by Gasteiger charge is 2.33. The number of halogens is 3. The molecule has 6 N–H and O–H groups in total. The average Bonchev–Trinajstić information content (AvgIpc) is 1.63. The highest BCUT2D eigenvalue weighted by Crippen LogP contribution is 2.40. The van der Waals surface area contributed by atoms with Crippen molar-refractivity contribution in [3.8, 4) is 33.8 Å². The Labute approximate surface area is 638 Å². The summed E-state index contributed by atoms with van der Waals surface area (Å²) in [5, 5.41) is 18.8. The van der Waals surface area contributed by atoms with Crippen molar-refractivity contribution in [3.05, 3.63) is 216 Å². The third-order valence-corrected chi connectivity index (χ3v) is 21.0. The number of carbonyl (C=O) groups excluding carboxylic acids is 3. The van der Waals surface area contributed by atoms with E-state index in [-0.39, 0.29) is 41.2 Å². The topological polar surface area (TPSA) is 261 Å². The van der Waals surface area contributed by atoms with Crippen LogP contribution >= 0.6 is 0 Å². The lowest BCUT2D eigenvalue weighted by Crippen LogP contribution is -2.50. The molecule has 6 aliphatic rings. The van der Waals surface area contributed by atoms with E-state index in [2.05, 4.69) is 140 Å². The fraction of sp³-hybridized carbons (Fsp3) is 0.296. The number of morpholine rings is 1. The van der Waals surface area contributed by atoms with E-state index in [0.717, 1.165) is 107 Å². The van der Waals surface area contributed by atoms with Crippen LogP contribution in [0.15, 0.2) is 165 Å². The number of rotatable bonds is 16. The quantitative estimate of drug-likeness (QED) is 0.0526. The van der Waals surface area contributed by atoms with Crippen LogP contribution in [0.3, 0.4) is 0 Å². The van der Waals surface area contributed by atoms with Gasteiger partial charge in [-0.2, -0.15) is 0 Å². The zero-order valence-electron chi connectivity index (χ0n) is 62.2. The van der Waals surface area contributed by atoms with Gasteiger partial charge < -0.3 is 75.5 Å². The number of hydrogen-bond acceptors (Lipinski definition) is 21. The van der Waals surface area contributed by atoms with Gasteiger partial charge in [-0.3, -0.25) is 27.6 Å². The maximum atomic E-state index is 13.6. The van der Waals surface area contributed by atoms with Crippen LogP contribution in [-0.4, -0.2) is 215 Å². The Balaban J connectivity index is 0.000000126. The van der Waals surface area contributed by atoms with Crippen LogP contribution in [-0.2, 0) is 33.8 Å². The molecule has 27 nitrogen and oxygen atoms in total. The molecule has 18 rings (SSSR count). The molecule has 3 aromatic carbocycles. The van der Waals surface area contributed by atoms with Crippen LogP contribution in [0.2, 0.25) is 0 Å². The Morgan fingerprint density at radius 2 is 0.793 bits per heavy atom. The van der Waals surface area contributed by atoms with Gasteiger partial charge in [0.25, 0.3) is 17.7 Å². The third kappa shape index (κ3) is 15.3. The summed E-state index contributed by atoms with van der Waals surface area (Å²) >= 11 is 0. The molecule has 111 heavy (non-hydrogen) atoms. The molecule has 0 radical (unpaired) electrons. The van der Waals surface area contributed by atoms with Crippen molar-refractivity contribution in [2.75, 3.05) is 152 Å². The van der Waals surface area contributed by atoms with E-state index in [1.165, 1.54) is 36.4 Å². The van der Waals surface area contributed by atoms with Gasteiger partial charge in [0.15, 0.2) is 0 Å². The largest absolute Gasteiger partial charge is 0.378 e. The molecule has 15 heterocycles. The first-order valence-corrected chi connectivity index (χ1v) is 36.8. The van der Waals surface area contributed by atoms with Crippen molar-refractivity contribution in [1.82, 2.24) is 73.8 Å². The third-order valence-electron chi connectivity index (χ3n) is 21.0. The van der Waals surface area contributed by atoms with Crippen LogP contribution < -0.4 is 46.6 Å². The average molecular weight is 1500 g/mol. The Kier molecular flexibility index (Phi) is 20.7. The molecule has 3 saturated heterocycles. The zero-order valence-corrected chi connectivity index (χ0v) is 62.2. The first kappa shape index (κ1) is 73.1. The first-order chi connectivity index (χ1) is 53.9. The molecule has 0 bridgehead atoms. The van der Waals surface area contributed by atoms with E-state index in [0.29, 0.717) is 140 Å². The predicted octanol–water partition coefficient (Wildman–Crippen LogP) is 9.87. The summed E-state index contributed by atoms with van der Waals surface area (Å²) in [6.07, 6.45) is 15.6. The summed E-state index contributed by atoms with van der Waals surface area (Å²) in [7, 11) is 12.4. The highest BCUT2D eigenvalue weighted by atomic mass is 19.1. The molecule has 3 atom stereocenters. The summed E-state index contributed by atoms with van der Waals surface area (Å²) in [6.45, 7) is 10.5. The molecular weight excluding hydrogens is 1420 g/mol. The Morgan fingerprint density at radius 3 is 1.14 bits per heavy atom. The van der Waals surface area contributed by atoms with Gasteiger partial charge in [-0.15, -0.1) is 0 Å². The zero-order chi connectivity index (χ0) is 76.6. The second-order valence-electron chi connectivity index (χ2n) is 28.8. The Bertz CT molecular complexity index is 5240. The second kappa shape index (κ2) is 31.5. The molecule has 0 saturated carbocycles. The molecule has 570 valence electrons. The van der Waals surface area contributed by atoms with Crippen molar-refractivity contribution in [2.24, 2.45) is 0 Å². The number of pyridine rings is 6. The number of imidazole rings is 3. The van der Waals surface area contributed by atoms with Gasteiger partial charge in [-0.25, -0.2) is 43.1 Å². The number of nitrogens with zero attached hydrogens (tertiary/aromatic N) is 15. The van der Waals surface area contributed by atoms with Crippen LogP contribution in [0.5, 0.6) is 0 Å². The van der Waals surface area contributed by atoms with E-state index in [4.69, 9.17) is 14.2 Å². The predicted molar refractivity (Wildman–Crippen MR) is 419 cm³/mol. The van der Waals surface area contributed by atoms with Crippen molar-refractivity contribution in [2.45, 2.75) is 37.8 Å². The molecule has 9 aromatic heterocycles. The van der Waals surface area contributed by atoms with Crippen LogP contribution in [0, 0.1) is 17.5 Å². The highest BCUT2D eigenvalue weighted by molar-refractivity contribution is 6.08. The number of likely N-dealkylation sites (N-methyl/N-ethyl adjacent to an activating group) is 3. The monoisotopic (exact) mass is 1500 g/mol. The minimum Gasteiger partial charge on any atom is -0.378 e. The number of fused-ring (bicyclic) bond motifs is 6. The summed E-state index contributed by atoms with van der Waals surface area (Å²) in [5.41, 5.74) is 16.1. The summed E-state index contributed by atoms with van der Waals surface area (Å²) < 4.78 is 63.6. The number of hydrogen-bond donors (Lipinski definition) is 6. The lowest BCUT2D eigenvalue weighted by Gasteiger charge is -2.38. The minimum atomic E-state index is -0.341. The van der Waals surface area contributed by atoms with Crippen molar-refractivity contribution in [3.63, 3.8) is 0 Å². The molecule has 30 heteroatoms. The SMILES string of the molecule is CN(C)CC1COCCN1c1ccc(Nc2ccc(-c3cnc4cc(F)ccn34)c3c2C(=O)NC3)nc1.CN(C)[C@@H]1COCCN(c2ccc(Nc3ccc(-c4cnc5cc(F)ccn45)c4c3C(=O)NC4)nc2)C1.CN(C)[C@H]1COCCN(c2ccc(Nc3ccc(-c4cnc5cc(F)ccn45)c4c3C(=O)NC4)nc2)C1. The number of aromatic nitrogens is 9. The maximum Gasteiger partial charge on any atom is 0.254 e. The van der Waals surface area contributed by atoms with E-state index >= 15 is 0 Å².